The summed E-state index contributed by atoms with van der Waals surface area (Å²) < 4.78 is 1.27. The molecule has 1 saturated heterocycles. The monoisotopic (exact) mass is 415 g/mol. The van der Waals surface area contributed by atoms with Gasteiger partial charge in [-0.2, -0.15) is 9.78 Å². The minimum Gasteiger partial charge on any atom is -0.354 e. The molecule has 0 radical (unpaired) electrons. The van der Waals surface area contributed by atoms with Crippen molar-refractivity contribution in [3.05, 3.63) is 52.8 Å². The molecule has 1 saturated carbocycles. The first-order valence-electron chi connectivity index (χ1n) is 9.97. The molecular formula is C21H26ClN5O2. The zero-order valence-corrected chi connectivity index (χ0v) is 17.5. The predicted molar refractivity (Wildman–Crippen MR) is 111 cm³/mol. The van der Waals surface area contributed by atoms with E-state index in [0.29, 0.717) is 17.9 Å². The van der Waals surface area contributed by atoms with Crippen molar-refractivity contribution in [2.75, 3.05) is 27.2 Å². The Morgan fingerprint density at radius 1 is 1.21 bits per heavy atom. The molecule has 1 N–H and O–H groups in total. The highest BCUT2D eigenvalue weighted by atomic mass is 35.5. The Bertz CT molecular complexity index is 900. The van der Waals surface area contributed by atoms with Crippen LogP contribution in [0.1, 0.15) is 28.9 Å². The Kier molecular flexibility index (Phi) is 5.61. The fourth-order valence-corrected chi connectivity index (χ4v) is 4.83. The van der Waals surface area contributed by atoms with E-state index in [-0.39, 0.29) is 17.6 Å². The Labute approximate surface area is 175 Å². The number of carbonyl (C=O) groups is 2. The summed E-state index contributed by atoms with van der Waals surface area (Å²) in [6.07, 6.45) is 3.72. The average molecular weight is 416 g/mol. The van der Waals surface area contributed by atoms with Crippen LogP contribution < -0.4 is 5.32 Å². The van der Waals surface area contributed by atoms with Crippen molar-refractivity contribution in [2.24, 2.45) is 11.8 Å². The molecular weight excluding hydrogens is 390 g/mol. The molecule has 1 unspecified atom stereocenters. The smallest absolute Gasteiger partial charge is 0.344 e. The van der Waals surface area contributed by atoms with Crippen LogP contribution in [0.3, 0.4) is 0 Å². The van der Waals surface area contributed by atoms with E-state index in [1.165, 1.54) is 4.68 Å². The summed E-state index contributed by atoms with van der Waals surface area (Å²) in [5, 5.41) is 7.44. The number of carbonyl (C=O) groups excluding carboxylic acids is 2. The standard InChI is InChI=1S/C21H26ClN5O2/c1-23-20(28)19-7-8-27(24-19)21(29)26-12-15-9-17(10-16(15)13-26)25(2)11-14-5-3-4-6-18(14)22/h3-8,15-17H,9-13H2,1-2H3,(H,23,28)/t15-,16+,17?. The van der Waals surface area contributed by atoms with Crippen molar-refractivity contribution < 1.29 is 9.59 Å². The SMILES string of the molecule is CNC(=O)c1ccn(C(=O)N2C[C@H]3CC(N(C)Cc4ccccc4Cl)C[C@H]3C2)n1. The van der Waals surface area contributed by atoms with Crippen molar-refractivity contribution in [2.45, 2.75) is 25.4 Å². The fourth-order valence-electron chi connectivity index (χ4n) is 4.63. The van der Waals surface area contributed by atoms with Gasteiger partial charge in [0, 0.05) is 43.9 Å². The van der Waals surface area contributed by atoms with E-state index in [2.05, 4.69) is 28.4 Å². The quantitative estimate of drug-likeness (QED) is 0.833. The molecule has 1 aromatic heterocycles. The number of nitrogens with zero attached hydrogens (tertiary/aromatic N) is 4. The summed E-state index contributed by atoms with van der Waals surface area (Å²) in [4.78, 5) is 28.7. The summed E-state index contributed by atoms with van der Waals surface area (Å²) in [6.45, 7) is 2.33. The van der Waals surface area contributed by atoms with Gasteiger partial charge in [-0.1, -0.05) is 29.8 Å². The van der Waals surface area contributed by atoms with Crippen molar-refractivity contribution in [3.8, 4) is 0 Å². The molecule has 1 aromatic carbocycles. The van der Waals surface area contributed by atoms with Crippen LogP contribution in [0.15, 0.2) is 36.5 Å². The lowest BCUT2D eigenvalue weighted by atomic mass is 10.0. The number of rotatable bonds is 4. The Hall–Kier alpha value is -2.38. The average Bonchev–Trinajstić information content (AvgIpc) is 3.43. The van der Waals surface area contributed by atoms with Gasteiger partial charge in [0.1, 0.15) is 0 Å². The van der Waals surface area contributed by atoms with Gasteiger partial charge < -0.3 is 10.2 Å². The third-order valence-corrected chi connectivity index (χ3v) is 6.61. The van der Waals surface area contributed by atoms with E-state index in [1.54, 1.807) is 19.3 Å². The maximum Gasteiger partial charge on any atom is 0.344 e. The van der Waals surface area contributed by atoms with E-state index in [0.717, 1.165) is 43.1 Å². The van der Waals surface area contributed by atoms with Gasteiger partial charge in [0.05, 0.1) is 0 Å². The van der Waals surface area contributed by atoms with Crippen molar-refractivity contribution in [1.29, 1.82) is 0 Å². The molecule has 2 aliphatic rings. The first-order valence-corrected chi connectivity index (χ1v) is 10.3. The first-order chi connectivity index (χ1) is 14.0. The number of hydrogen-bond acceptors (Lipinski definition) is 4. The molecule has 2 amide bonds. The summed E-state index contributed by atoms with van der Waals surface area (Å²) in [7, 11) is 3.70. The molecule has 4 rings (SSSR count). The largest absolute Gasteiger partial charge is 0.354 e. The number of halogens is 1. The van der Waals surface area contributed by atoms with Gasteiger partial charge in [-0.05, 0) is 49.4 Å². The van der Waals surface area contributed by atoms with E-state index in [4.69, 9.17) is 11.6 Å². The molecule has 2 fully saturated rings. The van der Waals surface area contributed by atoms with Gasteiger partial charge in [-0.25, -0.2) is 4.79 Å². The summed E-state index contributed by atoms with van der Waals surface area (Å²) >= 11 is 6.31. The van der Waals surface area contributed by atoms with Gasteiger partial charge in [0.25, 0.3) is 5.91 Å². The zero-order chi connectivity index (χ0) is 20.5. The van der Waals surface area contributed by atoms with Crippen LogP contribution in [0.4, 0.5) is 4.79 Å². The summed E-state index contributed by atoms with van der Waals surface area (Å²) in [5.74, 6) is 0.720. The molecule has 2 aromatic rings. The maximum absolute atomic E-state index is 12.8. The molecule has 0 bridgehead atoms. The molecule has 3 atom stereocenters. The lowest BCUT2D eigenvalue weighted by Gasteiger charge is -2.26. The lowest BCUT2D eigenvalue weighted by molar-refractivity contribution is 0.0957. The topological polar surface area (TPSA) is 70.5 Å². The maximum atomic E-state index is 12.8. The number of hydrogen-bond donors (Lipinski definition) is 1. The lowest BCUT2D eigenvalue weighted by Crippen LogP contribution is -2.36. The molecule has 8 heteroatoms. The number of amides is 2. The number of benzene rings is 1. The van der Waals surface area contributed by atoms with E-state index in [9.17, 15) is 9.59 Å². The van der Waals surface area contributed by atoms with Crippen LogP contribution in [0.25, 0.3) is 0 Å². The molecule has 29 heavy (non-hydrogen) atoms. The van der Waals surface area contributed by atoms with Gasteiger partial charge in [-0.3, -0.25) is 9.69 Å². The van der Waals surface area contributed by atoms with Crippen molar-refractivity contribution in [3.63, 3.8) is 0 Å². The number of fused-ring (bicyclic) bond motifs is 1. The normalized spacial score (nSPS) is 23.4. The third-order valence-electron chi connectivity index (χ3n) is 6.24. The predicted octanol–water partition coefficient (Wildman–Crippen LogP) is 2.71. The molecule has 1 aliphatic heterocycles. The zero-order valence-electron chi connectivity index (χ0n) is 16.7. The van der Waals surface area contributed by atoms with E-state index < -0.39 is 0 Å². The van der Waals surface area contributed by atoms with Crippen LogP contribution in [0.5, 0.6) is 0 Å². The van der Waals surface area contributed by atoms with Gasteiger partial charge in [0.2, 0.25) is 0 Å². The minimum atomic E-state index is -0.292. The Balaban J connectivity index is 1.34. The Morgan fingerprint density at radius 3 is 2.55 bits per heavy atom. The van der Waals surface area contributed by atoms with Crippen LogP contribution in [0, 0.1) is 11.8 Å². The number of likely N-dealkylation sites (tertiary alicyclic amines) is 1. The molecule has 2 heterocycles. The number of aromatic nitrogens is 2. The minimum absolute atomic E-state index is 0.157. The van der Waals surface area contributed by atoms with Gasteiger partial charge in [0.15, 0.2) is 5.69 Å². The summed E-state index contributed by atoms with van der Waals surface area (Å²) in [6, 6.07) is 9.89. The number of nitrogens with one attached hydrogen (secondary N) is 1. The molecule has 7 nitrogen and oxygen atoms in total. The van der Waals surface area contributed by atoms with Gasteiger partial charge >= 0.3 is 6.03 Å². The second-order valence-electron chi connectivity index (χ2n) is 8.06. The van der Waals surface area contributed by atoms with E-state index >= 15 is 0 Å². The highest BCUT2D eigenvalue weighted by Crippen LogP contribution is 2.40. The van der Waals surface area contributed by atoms with E-state index in [1.807, 2.05) is 23.1 Å². The molecule has 154 valence electrons. The third kappa shape index (κ3) is 4.02. The highest BCUT2D eigenvalue weighted by Gasteiger charge is 2.43. The Morgan fingerprint density at radius 2 is 1.90 bits per heavy atom. The molecule has 1 aliphatic carbocycles. The van der Waals surface area contributed by atoms with Crippen LogP contribution in [-0.4, -0.2) is 64.7 Å². The van der Waals surface area contributed by atoms with Gasteiger partial charge in [-0.15, -0.1) is 0 Å². The van der Waals surface area contributed by atoms with Crippen molar-refractivity contribution in [1.82, 2.24) is 24.9 Å². The van der Waals surface area contributed by atoms with Crippen LogP contribution in [-0.2, 0) is 6.54 Å². The fraction of sp³-hybridized carbons (Fsp3) is 0.476. The van der Waals surface area contributed by atoms with Crippen LogP contribution in [0.2, 0.25) is 5.02 Å². The first kappa shape index (κ1) is 19.9. The molecule has 0 spiro atoms. The highest BCUT2D eigenvalue weighted by molar-refractivity contribution is 6.31. The second kappa shape index (κ2) is 8.16. The van der Waals surface area contributed by atoms with Crippen molar-refractivity contribution >= 4 is 23.5 Å². The summed E-state index contributed by atoms with van der Waals surface area (Å²) in [5.41, 5.74) is 1.40. The second-order valence-corrected chi connectivity index (χ2v) is 8.47. The van der Waals surface area contributed by atoms with Crippen LogP contribution >= 0.6 is 11.6 Å².